The molecule has 1 aliphatic rings. The fourth-order valence-electron chi connectivity index (χ4n) is 3.12. The lowest BCUT2D eigenvalue weighted by Gasteiger charge is -2.34. The summed E-state index contributed by atoms with van der Waals surface area (Å²) in [5, 5.41) is 3.46. The first-order valence-electron chi connectivity index (χ1n) is 7.96. The third-order valence-electron chi connectivity index (χ3n) is 4.54. The van der Waals surface area contributed by atoms with Crippen LogP contribution in [-0.4, -0.2) is 34.6 Å². The van der Waals surface area contributed by atoms with E-state index >= 15 is 0 Å². The molecule has 20 heavy (non-hydrogen) atoms. The maximum atomic E-state index is 4.41. The zero-order valence-corrected chi connectivity index (χ0v) is 13.8. The Labute approximate surface area is 127 Å². The maximum absolute atomic E-state index is 4.41. The highest BCUT2D eigenvalue weighted by molar-refractivity contribution is 7.98. The molecule has 3 nitrogen and oxygen atoms in total. The summed E-state index contributed by atoms with van der Waals surface area (Å²) < 4.78 is 2.40. The SMILES string of the molecule is CSCCCCCCn1cncc1C1(C)CCNCC1. The lowest BCUT2D eigenvalue weighted by Crippen LogP contribution is -2.39. The number of hydrogen-bond donors (Lipinski definition) is 1. The summed E-state index contributed by atoms with van der Waals surface area (Å²) in [6.07, 6.45) is 14.1. The topological polar surface area (TPSA) is 29.9 Å². The van der Waals surface area contributed by atoms with E-state index in [9.17, 15) is 0 Å². The number of hydrogen-bond acceptors (Lipinski definition) is 3. The minimum atomic E-state index is 0.320. The van der Waals surface area contributed by atoms with Gasteiger partial charge >= 0.3 is 0 Å². The Hall–Kier alpha value is -0.480. The van der Waals surface area contributed by atoms with Crippen molar-refractivity contribution in [2.24, 2.45) is 0 Å². The second-order valence-electron chi connectivity index (χ2n) is 6.19. The van der Waals surface area contributed by atoms with Gasteiger partial charge in [-0.1, -0.05) is 19.8 Å². The van der Waals surface area contributed by atoms with Gasteiger partial charge in [-0.25, -0.2) is 4.98 Å². The number of thioether (sulfide) groups is 1. The minimum absolute atomic E-state index is 0.320. The molecule has 1 saturated heterocycles. The fourth-order valence-corrected chi connectivity index (χ4v) is 3.61. The number of imidazole rings is 1. The molecular formula is C16H29N3S. The van der Waals surface area contributed by atoms with Gasteiger partial charge in [-0.05, 0) is 50.8 Å². The molecule has 0 atom stereocenters. The summed E-state index contributed by atoms with van der Waals surface area (Å²) in [6, 6.07) is 0. The second kappa shape index (κ2) is 8.08. The number of rotatable bonds is 8. The summed E-state index contributed by atoms with van der Waals surface area (Å²) in [5.74, 6) is 1.31. The Bertz CT molecular complexity index is 383. The van der Waals surface area contributed by atoms with Crippen LogP contribution in [0.5, 0.6) is 0 Å². The normalized spacial score (nSPS) is 18.3. The molecule has 4 heteroatoms. The molecule has 1 N–H and O–H groups in total. The first-order chi connectivity index (χ1) is 9.76. The van der Waals surface area contributed by atoms with Gasteiger partial charge in [0.05, 0.1) is 6.33 Å². The molecule has 2 rings (SSSR count). The van der Waals surface area contributed by atoms with Crippen LogP contribution in [0.1, 0.15) is 51.1 Å². The van der Waals surface area contributed by atoms with Gasteiger partial charge in [-0.2, -0.15) is 11.8 Å². The standard InChI is InChI=1S/C16H29N3S/c1-16(7-9-17-10-8-16)15-13-18-14-19(15)11-5-3-4-6-12-20-2/h13-14,17H,3-12H2,1-2H3. The van der Waals surface area contributed by atoms with Crippen molar-refractivity contribution in [3.8, 4) is 0 Å². The van der Waals surface area contributed by atoms with Gasteiger partial charge in [0.15, 0.2) is 0 Å². The van der Waals surface area contributed by atoms with E-state index in [4.69, 9.17) is 0 Å². The average Bonchev–Trinajstić information content (AvgIpc) is 2.93. The first-order valence-corrected chi connectivity index (χ1v) is 9.36. The van der Waals surface area contributed by atoms with Crippen molar-refractivity contribution in [3.63, 3.8) is 0 Å². The summed E-state index contributed by atoms with van der Waals surface area (Å²) in [4.78, 5) is 4.41. The van der Waals surface area contributed by atoms with E-state index in [1.807, 2.05) is 18.1 Å². The predicted molar refractivity (Wildman–Crippen MR) is 88.5 cm³/mol. The maximum Gasteiger partial charge on any atom is 0.0948 e. The largest absolute Gasteiger partial charge is 0.334 e. The van der Waals surface area contributed by atoms with Crippen LogP contribution in [0.4, 0.5) is 0 Å². The number of piperidine rings is 1. The fraction of sp³-hybridized carbons (Fsp3) is 0.812. The molecule has 1 fully saturated rings. The number of nitrogens with one attached hydrogen (secondary N) is 1. The Morgan fingerprint density at radius 1 is 1.25 bits per heavy atom. The molecule has 114 valence electrons. The lowest BCUT2D eigenvalue weighted by molar-refractivity contribution is 0.315. The Morgan fingerprint density at radius 3 is 2.75 bits per heavy atom. The molecule has 0 radical (unpaired) electrons. The number of nitrogens with zero attached hydrogens (tertiary/aromatic N) is 2. The van der Waals surface area contributed by atoms with Crippen LogP contribution in [-0.2, 0) is 12.0 Å². The van der Waals surface area contributed by atoms with Crippen molar-refractivity contribution >= 4 is 11.8 Å². The van der Waals surface area contributed by atoms with E-state index in [2.05, 4.69) is 34.2 Å². The zero-order chi connectivity index (χ0) is 14.3. The smallest absolute Gasteiger partial charge is 0.0948 e. The first kappa shape index (κ1) is 15.9. The molecule has 0 spiro atoms. The Morgan fingerprint density at radius 2 is 2.00 bits per heavy atom. The van der Waals surface area contributed by atoms with Gasteiger partial charge < -0.3 is 9.88 Å². The van der Waals surface area contributed by atoms with Crippen molar-refractivity contribution < 1.29 is 0 Å². The highest BCUT2D eigenvalue weighted by atomic mass is 32.2. The molecule has 0 saturated carbocycles. The number of aromatic nitrogens is 2. The van der Waals surface area contributed by atoms with Crippen LogP contribution in [0.25, 0.3) is 0 Å². The van der Waals surface area contributed by atoms with Crippen molar-refractivity contribution in [2.75, 3.05) is 25.1 Å². The molecular weight excluding hydrogens is 266 g/mol. The quantitative estimate of drug-likeness (QED) is 0.745. The minimum Gasteiger partial charge on any atom is -0.334 e. The summed E-state index contributed by atoms with van der Waals surface area (Å²) in [6.45, 7) is 5.81. The molecule has 1 aromatic heterocycles. The van der Waals surface area contributed by atoms with Crippen LogP contribution < -0.4 is 5.32 Å². The van der Waals surface area contributed by atoms with Gasteiger partial charge in [-0.15, -0.1) is 0 Å². The molecule has 0 aromatic carbocycles. The van der Waals surface area contributed by atoms with E-state index < -0.39 is 0 Å². The van der Waals surface area contributed by atoms with Crippen molar-refractivity contribution in [3.05, 3.63) is 18.2 Å². The van der Waals surface area contributed by atoms with Crippen LogP contribution in [0.3, 0.4) is 0 Å². The summed E-state index contributed by atoms with van der Waals surface area (Å²) >= 11 is 1.96. The predicted octanol–water partition coefficient (Wildman–Crippen LogP) is 3.45. The van der Waals surface area contributed by atoms with Gasteiger partial charge in [0.1, 0.15) is 0 Å². The molecule has 2 heterocycles. The van der Waals surface area contributed by atoms with Crippen molar-refractivity contribution in [1.29, 1.82) is 0 Å². The van der Waals surface area contributed by atoms with Crippen LogP contribution in [0, 0.1) is 0 Å². The van der Waals surface area contributed by atoms with E-state index in [1.165, 1.54) is 50.0 Å². The molecule has 0 aliphatic carbocycles. The highest BCUT2D eigenvalue weighted by Crippen LogP contribution is 2.32. The average molecular weight is 295 g/mol. The molecule has 0 unspecified atom stereocenters. The zero-order valence-electron chi connectivity index (χ0n) is 13.0. The van der Waals surface area contributed by atoms with Crippen LogP contribution in [0.2, 0.25) is 0 Å². The van der Waals surface area contributed by atoms with E-state index in [0.717, 1.165) is 19.6 Å². The molecule has 1 aromatic rings. The third-order valence-corrected chi connectivity index (χ3v) is 5.23. The van der Waals surface area contributed by atoms with Gasteiger partial charge in [0.25, 0.3) is 0 Å². The van der Waals surface area contributed by atoms with Crippen molar-refractivity contribution in [2.45, 2.75) is 57.4 Å². The third kappa shape index (κ3) is 4.26. The molecule has 1 aliphatic heterocycles. The summed E-state index contributed by atoms with van der Waals surface area (Å²) in [7, 11) is 0. The van der Waals surface area contributed by atoms with E-state index in [-0.39, 0.29) is 0 Å². The van der Waals surface area contributed by atoms with E-state index in [1.54, 1.807) is 0 Å². The highest BCUT2D eigenvalue weighted by Gasteiger charge is 2.31. The Balaban J connectivity index is 1.82. The van der Waals surface area contributed by atoms with Gasteiger partial charge in [-0.3, -0.25) is 0 Å². The number of unbranched alkanes of at least 4 members (excludes halogenated alkanes) is 3. The Kier molecular flexibility index (Phi) is 6.43. The lowest BCUT2D eigenvalue weighted by atomic mass is 9.78. The van der Waals surface area contributed by atoms with Crippen LogP contribution in [0.15, 0.2) is 12.5 Å². The molecule has 0 bridgehead atoms. The van der Waals surface area contributed by atoms with Crippen LogP contribution >= 0.6 is 11.8 Å². The number of aryl methyl sites for hydroxylation is 1. The second-order valence-corrected chi connectivity index (χ2v) is 7.18. The monoisotopic (exact) mass is 295 g/mol. The molecule has 0 amide bonds. The summed E-state index contributed by atoms with van der Waals surface area (Å²) in [5.41, 5.74) is 1.77. The van der Waals surface area contributed by atoms with Gasteiger partial charge in [0, 0.05) is 23.9 Å². The van der Waals surface area contributed by atoms with Crippen molar-refractivity contribution in [1.82, 2.24) is 14.9 Å². The van der Waals surface area contributed by atoms with Gasteiger partial charge in [0.2, 0.25) is 0 Å². The van der Waals surface area contributed by atoms with E-state index in [0.29, 0.717) is 5.41 Å².